The molecule has 1 aromatic rings. The van der Waals surface area contributed by atoms with Crippen LogP contribution in [0, 0.1) is 17.8 Å². The second kappa shape index (κ2) is 5.32. The molecule has 1 saturated carbocycles. The Morgan fingerprint density at radius 1 is 1.24 bits per heavy atom. The highest BCUT2D eigenvalue weighted by Gasteiger charge is 2.39. The molecule has 1 aromatic heterocycles. The third-order valence-corrected chi connectivity index (χ3v) is 4.19. The van der Waals surface area contributed by atoms with E-state index < -0.39 is 0 Å². The zero-order valence-corrected chi connectivity index (χ0v) is 13.7. The van der Waals surface area contributed by atoms with Crippen molar-refractivity contribution in [2.45, 2.75) is 59.9 Å². The van der Waals surface area contributed by atoms with E-state index in [9.17, 15) is 9.59 Å². The summed E-state index contributed by atoms with van der Waals surface area (Å²) < 4.78 is 0. The Labute approximate surface area is 126 Å². The number of nitrogens with one attached hydrogen (secondary N) is 2. The van der Waals surface area contributed by atoms with Crippen molar-refractivity contribution < 1.29 is 4.79 Å². The summed E-state index contributed by atoms with van der Waals surface area (Å²) in [6.45, 7) is 10.8. The number of aromatic nitrogens is 1. The van der Waals surface area contributed by atoms with E-state index in [1.54, 1.807) is 6.92 Å². The van der Waals surface area contributed by atoms with Gasteiger partial charge in [-0.1, -0.05) is 27.7 Å². The molecule has 1 fully saturated rings. The Kier molecular flexibility index (Phi) is 4.00. The molecule has 0 atom stereocenters. The number of carbonyl (C=O) groups excluding carboxylic acids is 1. The molecule has 1 amide bonds. The standard InChI is InChI=1S/C17H26N2O2/c1-11-6-14(20)13(9-18-11)15(21)19-12-7-16(2,3)10-17(4,5)8-12/h6,9,12H,7-8,10H2,1-5H3,(H,18,20)(H,19,21). The largest absolute Gasteiger partial charge is 0.364 e. The van der Waals surface area contributed by atoms with Gasteiger partial charge in [-0.25, -0.2) is 0 Å². The highest BCUT2D eigenvalue weighted by molar-refractivity contribution is 5.94. The molecule has 2 rings (SSSR count). The van der Waals surface area contributed by atoms with Crippen molar-refractivity contribution in [2.24, 2.45) is 10.8 Å². The molecule has 1 heterocycles. The number of aromatic amines is 1. The third kappa shape index (κ3) is 3.96. The number of H-pyrrole nitrogens is 1. The van der Waals surface area contributed by atoms with Gasteiger partial charge in [-0.2, -0.15) is 0 Å². The summed E-state index contributed by atoms with van der Waals surface area (Å²) in [5, 5.41) is 3.05. The lowest BCUT2D eigenvalue weighted by atomic mass is 9.63. The van der Waals surface area contributed by atoms with Gasteiger partial charge in [-0.3, -0.25) is 9.59 Å². The van der Waals surface area contributed by atoms with Gasteiger partial charge < -0.3 is 10.3 Å². The van der Waals surface area contributed by atoms with Gasteiger partial charge in [0.25, 0.3) is 5.91 Å². The summed E-state index contributed by atoms with van der Waals surface area (Å²) in [6.07, 6.45) is 4.56. The molecule has 116 valence electrons. The topological polar surface area (TPSA) is 62.0 Å². The first-order valence-corrected chi connectivity index (χ1v) is 7.58. The van der Waals surface area contributed by atoms with Crippen molar-refractivity contribution in [3.05, 3.63) is 33.7 Å². The molecule has 0 aliphatic heterocycles. The number of carbonyl (C=O) groups is 1. The van der Waals surface area contributed by atoms with E-state index in [1.807, 2.05) is 0 Å². The summed E-state index contributed by atoms with van der Waals surface area (Å²) in [5.74, 6) is -0.269. The van der Waals surface area contributed by atoms with Crippen LogP contribution in [-0.4, -0.2) is 16.9 Å². The van der Waals surface area contributed by atoms with Crippen molar-refractivity contribution in [3.63, 3.8) is 0 Å². The summed E-state index contributed by atoms with van der Waals surface area (Å²) in [5.41, 5.74) is 1.15. The molecule has 4 nitrogen and oxygen atoms in total. The van der Waals surface area contributed by atoms with Crippen molar-refractivity contribution >= 4 is 5.91 Å². The van der Waals surface area contributed by atoms with E-state index in [-0.39, 0.29) is 33.8 Å². The van der Waals surface area contributed by atoms with Crippen LogP contribution >= 0.6 is 0 Å². The molecule has 0 aromatic carbocycles. The first kappa shape index (κ1) is 15.8. The second-order valence-corrected chi connectivity index (χ2v) is 7.98. The molecular weight excluding hydrogens is 264 g/mol. The Morgan fingerprint density at radius 2 is 1.81 bits per heavy atom. The first-order chi connectivity index (χ1) is 9.58. The second-order valence-electron chi connectivity index (χ2n) is 7.98. The molecule has 1 aliphatic carbocycles. The van der Waals surface area contributed by atoms with Gasteiger partial charge in [-0.05, 0) is 37.0 Å². The van der Waals surface area contributed by atoms with E-state index in [2.05, 4.69) is 38.0 Å². The Hall–Kier alpha value is -1.58. The number of rotatable bonds is 2. The minimum absolute atomic E-state index is 0.122. The maximum absolute atomic E-state index is 12.3. The number of hydrogen-bond donors (Lipinski definition) is 2. The van der Waals surface area contributed by atoms with Crippen LogP contribution in [0.25, 0.3) is 0 Å². The minimum Gasteiger partial charge on any atom is -0.364 e. The van der Waals surface area contributed by atoms with Gasteiger partial charge in [-0.15, -0.1) is 0 Å². The summed E-state index contributed by atoms with van der Waals surface area (Å²) in [7, 11) is 0. The molecule has 0 spiro atoms. The van der Waals surface area contributed by atoms with Crippen LogP contribution in [0.3, 0.4) is 0 Å². The number of hydrogen-bond acceptors (Lipinski definition) is 2. The summed E-state index contributed by atoms with van der Waals surface area (Å²) >= 11 is 0. The van der Waals surface area contributed by atoms with Crippen molar-refractivity contribution in [2.75, 3.05) is 0 Å². The summed E-state index contributed by atoms with van der Waals surface area (Å²) in [6, 6.07) is 1.58. The van der Waals surface area contributed by atoms with E-state index in [4.69, 9.17) is 0 Å². The lowest BCUT2D eigenvalue weighted by molar-refractivity contribution is 0.0713. The highest BCUT2D eigenvalue weighted by Crippen LogP contribution is 2.45. The highest BCUT2D eigenvalue weighted by atomic mass is 16.2. The normalized spacial score (nSPS) is 21.0. The summed E-state index contributed by atoms with van der Waals surface area (Å²) in [4.78, 5) is 27.2. The van der Waals surface area contributed by atoms with Crippen LogP contribution in [-0.2, 0) is 0 Å². The van der Waals surface area contributed by atoms with E-state index in [0.29, 0.717) is 0 Å². The SMILES string of the molecule is Cc1cc(=O)c(C(=O)NC2CC(C)(C)CC(C)(C)C2)c[nH]1. The fraction of sp³-hybridized carbons (Fsp3) is 0.647. The van der Waals surface area contributed by atoms with Gasteiger partial charge in [0.2, 0.25) is 0 Å². The Bertz CT molecular complexity index is 583. The molecule has 4 heteroatoms. The lowest BCUT2D eigenvalue weighted by Crippen LogP contribution is -2.46. The van der Waals surface area contributed by atoms with Gasteiger partial charge in [0.05, 0.1) is 0 Å². The van der Waals surface area contributed by atoms with Gasteiger partial charge >= 0.3 is 0 Å². The molecular formula is C17H26N2O2. The fourth-order valence-electron chi connectivity index (χ4n) is 3.96. The van der Waals surface area contributed by atoms with Crippen LogP contribution in [0.5, 0.6) is 0 Å². The molecule has 0 radical (unpaired) electrons. The molecule has 1 aliphatic rings. The molecule has 0 bridgehead atoms. The Balaban J connectivity index is 2.14. The van der Waals surface area contributed by atoms with Crippen LogP contribution in [0.1, 0.15) is 63.0 Å². The van der Waals surface area contributed by atoms with E-state index in [0.717, 1.165) is 25.0 Å². The fourth-order valence-corrected chi connectivity index (χ4v) is 3.96. The number of pyridine rings is 1. The molecule has 0 saturated heterocycles. The number of aryl methyl sites for hydroxylation is 1. The average Bonchev–Trinajstić information content (AvgIpc) is 2.23. The smallest absolute Gasteiger partial charge is 0.256 e. The average molecular weight is 290 g/mol. The van der Waals surface area contributed by atoms with Crippen molar-refractivity contribution in [1.82, 2.24) is 10.3 Å². The minimum atomic E-state index is -0.269. The molecule has 2 N–H and O–H groups in total. The predicted octanol–water partition coefficient (Wildman–Crippen LogP) is 3.02. The predicted molar refractivity (Wildman–Crippen MR) is 84.5 cm³/mol. The van der Waals surface area contributed by atoms with Gasteiger partial charge in [0.1, 0.15) is 5.56 Å². The maximum Gasteiger partial charge on any atom is 0.256 e. The van der Waals surface area contributed by atoms with Crippen molar-refractivity contribution in [1.29, 1.82) is 0 Å². The maximum atomic E-state index is 12.3. The van der Waals surface area contributed by atoms with Crippen LogP contribution < -0.4 is 10.7 Å². The van der Waals surface area contributed by atoms with Crippen LogP contribution in [0.2, 0.25) is 0 Å². The monoisotopic (exact) mass is 290 g/mol. The molecule has 21 heavy (non-hydrogen) atoms. The van der Waals surface area contributed by atoms with Crippen LogP contribution in [0.15, 0.2) is 17.1 Å². The molecule has 0 unspecified atom stereocenters. The quantitative estimate of drug-likeness (QED) is 0.879. The third-order valence-electron chi connectivity index (χ3n) is 4.19. The van der Waals surface area contributed by atoms with Crippen molar-refractivity contribution in [3.8, 4) is 0 Å². The zero-order chi connectivity index (χ0) is 15.8. The Morgan fingerprint density at radius 3 is 2.33 bits per heavy atom. The van der Waals surface area contributed by atoms with Gasteiger partial charge in [0, 0.05) is 24.0 Å². The zero-order valence-electron chi connectivity index (χ0n) is 13.7. The lowest BCUT2D eigenvalue weighted by Gasteiger charge is -2.45. The van der Waals surface area contributed by atoms with Crippen LogP contribution in [0.4, 0.5) is 0 Å². The van der Waals surface area contributed by atoms with Gasteiger partial charge in [0.15, 0.2) is 5.43 Å². The number of amides is 1. The van der Waals surface area contributed by atoms with E-state index >= 15 is 0 Å². The van der Waals surface area contributed by atoms with E-state index in [1.165, 1.54) is 12.3 Å². The first-order valence-electron chi connectivity index (χ1n) is 7.58.